The first kappa shape index (κ1) is 13.4. The molecule has 0 aliphatic heterocycles. The van der Waals surface area contributed by atoms with Gasteiger partial charge in [-0.25, -0.2) is 0 Å². The Morgan fingerprint density at radius 2 is 1.89 bits per heavy atom. The summed E-state index contributed by atoms with van der Waals surface area (Å²) in [5.41, 5.74) is 1.29. The summed E-state index contributed by atoms with van der Waals surface area (Å²) in [6.45, 7) is 2.03. The van der Waals surface area contributed by atoms with E-state index >= 15 is 0 Å². The minimum atomic E-state index is -0.771. The van der Waals surface area contributed by atoms with Crippen LogP contribution in [0.5, 0.6) is 5.75 Å². The lowest BCUT2D eigenvalue weighted by Gasteiger charge is -2.36. The van der Waals surface area contributed by atoms with Gasteiger partial charge in [-0.05, 0) is 44.7 Å². The lowest BCUT2D eigenvalue weighted by atomic mass is 9.78. The molecule has 1 saturated carbocycles. The van der Waals surface area contributed by atoms with Crippen LogP contribution in [0.15, 0.2) is 18.2 Å². The average Bonchev–Trinajstić information content (AvgIpc) is 2.39. The van der Waals surface area contributed by atoms with Crippen molar-refractivity contribution in [2.45, 2.75) is 44.3 Å². The molecule has 18 heavy (non-hydrogen) atoms. The summed E-state index contributed by atoms with van der Waals surface area (Å²) in [5.74, 6) is 0.777. The van der Waals surface area contributed by atoms with Gasteiger partial charge in [-0.1, -0.05) is 11.6 Å². The fourth-order valence-corrected chi connectivity index (χ4v) is 2.76. The minimum Gasteiger partial charge on any atom is -0.496 e. The summed E-state index contributed by atoms with van der Waals surface area (Å²) in [4.78, 5) is 0. The van der Waals surface area contributed by atoms with E-state index in [2.05, 4.69) is 0 Å². The third kappa shape index (κ3) is 2.52. The Morgan fingerprint density at radius 1 is 1.22 bits per heavy atom. The van der Waals surface area contributed by atoms with E-state index in [0.717, 1.165) is 42.6 Å². The van der Waals surface area contributed by atoms with Gasteiger partial charge in [-0.2, -0.15) is 0 Å². The molecule has 2 rings (SSSR count). The van der Waals surface area contributed by atoms with E-state index in [1.807, 2.05) is 25.1 Å². The van der Waals surface area contributed by atoms with Crippen molar-refractivity contribution >= 4 is 0 Å². The zero-order valence-electron chi connectivity index (χ0n) is 11.4. The van der Waals surface area contributed by atoms with Gasteiger partial charge in [0, 0.05) is 12.7 Å². The fraction of sp³-hybridized carbons (Fsp3) is 0.600. The van der Waals surface area contributed by atoms with E-state index in [1.165, 1.54) is 0 Å². The van der Waals surface area contributed by atoms with Gasteiger partial charge in [0.25, 0.3) is 0 Å². The molecule has 0 aromatic heterocycles. The zero-order valence-corrected chi connectivity index (χ0v) is 11.4. The number of hydrogen-bond acceptors (Lipinski definition) is 3. The molecule has 0 bridgehead atoms. The maximum absolute atomic E-state index is 10.9. The third-order valence-electron chi connectivity index (χ3n) is 3.95. The molecule has 0 amide bonds. The maximum atomic E-state index is 10.9. The second-order valence-corrected chi connectivity index (χ2v) is 5.17. The second-order valence-electron chi connectivity index (χ2n) is 5.17. The van der Waals surface area contributed by atoms with Gasteiger partial charge in [0.1, 0.15) is 5.75 Å². The first-order valence-corrected chi connectivity index (χ1v) is 6.49. The number of methoxy groups -OCH3 is 2. The Balaban J connectivity index is 2.27. The number of ether oxygens (including phenoxy) is 2. The quantitative estimate of drug-likeness (QED) is 0.896. The highest BCUT2D eigenvalue weighted by Crippen LogP contribution is 2.42. The summed E-state index contributed by atoms with van der Waals surface area (Å²) in [6, 6.07) is 5.98. The van der Waals surface area contributed by atoms with Gasteiger partial charge < -0.3 is 14.6 Å². The SMILES string of the molecule is COc1ccc(C)cc1C1(O)CCC(OC)CC1. The third-order valence-corrected chi connectivity index (χ3v) is 3.95. The van der Waals surface area contributed by atoms with Crippen LogP contribution in [0.4, 0.5) is 0 Å². The molecule has 0 saturated heterocycles. The van der Waals surface area contributed by atoms with Crippen molar-refractivity contribution in [1.82, 2.24) is 0 Å². The van der Waals surface area contributed by atoms with Crippen LogP contribution >= 0.6 is 0 Å². The second kappa shape index (κ2) is 5.29. The van der Waals surface area contributed by atoms with Crippen LogP contribution < -0.4 is 4.74 Å². The van der Waals surface area contributed by atoms with E-state index in [9.17, 15) is 5.11 Å². The van der Waals surface area contributed by atoms with E-state index in [4.69, 9.17) is 9.47 Å². The molecule has 0 heterocycles. The summed E-state index contributed by atoms with van der Waals surface area (Å²) in [5, 5.41) is 10.9. The predicted molar refractivity (Wildman–Crippen MR) is 70.9 cm³/mol. The van der Waals surface area contributed by atoms with E-state index in [0.29, 0.717) is 0 Å². The molecular weight excluding hydrogens is 228 g/mol. The molecule has 3 heteroatoms. The smallest absolute Gasteiger partial charge is 0.124 e. The Bertz CT molecular complexity index is 406. The van der Waals surface area contributed by atoms with Crippen molar-refractivity contribution in [3.05, 3.63) is 29.3 Å². The number of benzene rings is 1. The molecule has 1 N–H and O–H groups in total. The Hall–Kier alpha value is -1.06. The van der Waals surface area contributed by atoms with Crippen LogP contribution in [0, 0.1) is 6.92 Å². The van der Waals surface area contributed by atoms with Crippen molar-refractivity contribution in [2.75, 3.05) is 14.2 Å². The zero-order chi connectivity index (χ0) is 13.2. The fourth-order valence-electron chi connectivity index (χ4n) is 2.76. The first-order valence-electron chi connectivity index (χ1n) is 6.49. The number of hydrogen-bond donors (Lipinski definition) is 1. The highest BCUT2D eigenvalue weighted by atomic mass is 16.5. The van der Waals surface area contributed by atoms with Gasteiger partial charge in [0.2, 0.25) is 0 Å². The lowest BCUT2D eigenvalue weighted by molar-refractivity contribution is -0.0485. The van der Waals surface area contributed by atoms with Gasteiger partial charge >= 0.3 is 0 Å². The van der Waals surface area contributed by atoms with Gasteiger partial charge in [-0.15, -0.1) is 0 Å². The highest BCUT2D eigenvalue weighted by molar-refractivity contribution is 5.41. The molecule has 0 atom stereocenters. The van der Waals surface area contributed by atoms with Crippen molar-refractivity contribution in [1.29, 1.82) is 0 Å². The van der Waals surface area contributed by atoms with Gasteiger partial charge in [0.05, 0.1) is 18.8 Å². The monoisotopic (exact) mass is 250 g/mol. The molecule has 3 nitrogen and oxygen atoms in total. The van der Waals surface area contributed by atoms with Crippen molar-refractivity contribution in [3.8, 4) is 5.75 Å². The molecule has 100 valence electrons. The predicted octanol–water partition coefficient (Wildman–Crippen LogP) is 2.78. The van der Waals surface area contributed by atoms with Crippen LogP contribution in [-0.2, 0) is 10.3 Å². The number of aryl methyl sites for hydroxylation is 1. The van der Waals surface area contributed by atoms with E-state index in [-0.39, 0.29) is 6.10 Å². The molecule has 0 spiro atoms. The van der Waals surface area contributed by atoms with Crippen LogP contribution in [0.1, 0.15) is 36.8 Å². The Morgan fingerprint density at radius 3 is 2.44 bits per heavy atom. The summed E-state index contributed by atoms with van der Waals surface area (Å²) in [7, 11) is 3.39. The van der Waals surface area contributed by atoms with Crippen molar-refractivity contribution in [3.63, 3.8) is 0 Å². The van der Waals surface area contributed by atoms with Crippen LogP contribution in [0.2, 0.25) is 0 Å². The molecule has 1 aromatic carbocycles. The lowest BCUT2D eigenvalue weighted by Crippen LogP contribution is -2.34. The van der Waals surface area contributed by atoms with Crippen LogP contribution in [0.25, 0.3) is 0 Å². The largest absolute Gasteiger partial charge is 0.496 e. The van der Waals surface area contributed by atoms with Crippen LogP contribution in [0.3, 0.4) is 0 Å². The van der Waals surface area contributed by atoms with Gasteiger partial charge in [0.15, 0.2) is 0 Å². The van der Waals surface area contributed by atoms with Crippen molar-refractivity contribution < 1.29 is 14.6 Å². The van der Waals surface area contributed by atoms with Crippen molar-refractivity contribution in [2.24, 2.45) is 0 Å². The van der Waals surface area contributed by atoms with Gasteiger partial charge in [-0.3, -0.25) is 0 Å². The van der Waals surface area contributed by atoms with E-state index in [1.54, 1.807) is 14.2 Å². The number of aliphatic hydroxyl groups is 1. The molecule has 0 unspecified atom stereocenters. The summed E-state index contributed by atoms with van der Waals surface area (Å²) < 4.78 is 10.7. The summed E-state index contributed by atoms with van der Waals surface area (Å²) >= 11 is 0. The molecule has 1 aliphatic carbocycles. The molecule has 1 aliphatic rings. The standard InChI is InChI=1S/C15H22O3/c1-11-4-5-14(18-3)13(10-11)15(16)8-6-12(17-2)7-9-15/h4-5,10,12,16H,6-9H2,1-3H3. The van der Waals surface area contributed by atoms with Crippen LogP contribution in [-0.4, -0.2) is 25.4 Å². The first-order chi connectivity index (χ1) is 8.59. The molecule has 1 fully saturated rings. The molecule has 1 aromatic rings. The minimum absolute atomic E-state index is 0.279. The van der Waals surface area contributed by atoms with E-state index < -0.39 is 5.60 Å². The normalized spacial score (nSPS) is 28.1. The summed E-state index contributed by atoms with van der Waals surface area (Å²) in [6.07, 6.45) is 3.52. The highest BCUT2D eigenvalue weighted by Gasteiger charge is 2.36. The topological polar surface area (TPSA) is 38.7 Å². The number of rotatable bonds is 3. The maximum Gasteiger partial charge on any atom is 0.124 e. The Labute approximate surface area is 109 Å². The molecular formula is C15H22O3. The molecule has 0 radical (unpaired) electrons. The average molecular weight is 250 g/mol. The Kier molecular flexibility index (Phi) is 3.93.